The van der Waals surface area contributed by atoms with Crippen molar-refractivity contribution in [3.05, 3.63) is 66.3 Å². The Bertz CT molecular complexity index is 522. The van der Waals surface area contributed by atoms with Crippen LogP contribution in [0.2, 0.25) is 0 Å². The minimum Gasteiger partial charge on any atom is -0.478 e. The molecule has 0 aliphatic heterocycles. The highest BCUT2D eigenvalue weighted by Crippen LogP contribution is 2.03. The van der Waals surface area contributed by atoms with Gasteiger partial charge < -0.3 is 5.11 Å². The van der Waals surface area contributed by atoms with E-state index in [0.717, 1.165) is 18.4 Å². The number of nitrogens with zero attached hydrogens (tertiary/aromatic N) is 1. The van der Waals surface area contributed by atoms with Gasteiger partial charge in [-0.05, 0) is 18.4 Å². The van der Waals surface area contributed by atoms with Gasteiger partial charge in [0.1, 0.15) is 0 Å². The summed E-state index contributed by atoms with van der Waals surface area (Å²) in [5, 5.41) is 16.5. The van der Waals surface area contributed by atoms with Crippen molar-refractivity contribution in [2.75, 3.05) is 0 Å². The lowest BCUT2D eigenvalue weighted by Gasteiger charge is -1.95. The van der Waals surface area contributed by atoms with Crippen LogP contribution in [0.25, 0.3) is 6.08 Å². The van der Waals surface area contributed by atoms with Gasteiger partial charge in [0.2, 0.25) is 0 Å². The SMILES string of the molecule is C=C(CCCC)C(=O)O.N#CC=CC=Cc1ccccc1. The van der Waals surface area contributed by atoms with E-state index in [2.05, 4.69) is 6.58 Å². The molecule has 0 aliphatic carbocycles. The molecule has 3 heteroatoms. The van der Waals surface area contributed by atoms with Gasteiger partial charge in [0.05, 0.1) is 6.07 Å². The number of carboxylic acids is 1. The lowest BCUT2D eigenvalue weighted by molar-refractivity contribution is -0.132. The summed E-state index contributed by atoms with van der Waals surface area (Å²) in [4.78, 5) is 10.1. The van der Waals surface area contributed by atoms with E-state index in [4.69, 9.17) is 10.4 Å². The predicted octanol–water partition coefficient (Wildman–Crippen LogP) is 4.60. The fourth-order valence-electron chi connectivity index (χ4n) is 1.33. The first-order chi connectivity index (χ1) is 10.1. The van der Waals surface area contributed by atoms with Gasteiger partial charge in [-0.25, -0.2) is 4.79 Å². The topological polar surface area (TPSA) is 61.1 Å². The number of hydrogen-bond donors (Lipinski definition) is 1. The molecule has 0 amide bonds. The van der Waals surface area contributed by atoms with Crippen LogP contribution in [0.4, 0.5) is 0 Å². The van der Waals surface area contributed by atoms with Crippen LogP contribution in [0, 0.1) is 11.3 Å². The van der Waals surface area contributed by atoms with Crippen molar-refractivity contribution in [2.45, 2.75) is 26.2 Å². The van der Waals surface area contributed by atoms with Crippen LogP contribution in [-0.4, -0.2) is 11.1 Å². The summed E-state index contributed by atoms with van der Waals surface area (Å²) in [5.74, 6) is -0.872. The minimum atomic E-state index is -0.872. The molecule has 0 aromatic heterocycles. The molecule has 110 valence electrons. The molecule has 1 aromatic rings. The maximum Gasteiger partial charge on any atom is 0.330 e. The van der Waals surface area contributed by atoms with Crippen LogP contribution in [0.5, 0.6) is 0 Å². The summed E-state index contributed by atoms with van der Waals surface area (Å²) in [6.07, 6.45) is 9.52. The van der Waals surface area contributed by atoms with E-state index in [0.29, 0.717) is 12.0 Å². The number of allylic oxidation sites excluding steroid dienone is 3. The number of carboxylic acid groups (broad SMARTS) is 1. The van der Waals surface area contributed by atoms with Crippen LogP contribution in [0.1, 0.15) is 31.7 Å². The highest BCUT2D eigenvalue weighted by atomic mass is 16.4. The van der Waals surface area contributed by atoms with Crippen molar-refractivity contribution < 1.29 is 9.90 Å². The van der Waals surface area contributed by atoms with Gasteiger partial charge >= 0.3 is 5.97 Å². The predicted molar refractivity (Wildman–Crippen MR) is 86.5 cm³/mol. The van der Waals surface area contributed by atoms with Gasteiger partial charge in [0.15, 0.2) is 0 Å². The minimum absolute atomic E-state index is 0.317. The van der Waals surface area contributed by atoms with Crippen molar-refractivity contribution in [1.82, 2.24) is 0 Å². The summed E-state index contributed by atoms with van der Waals surface area (Å²) < 4.78 is 0. The Balaban J connectivity index is 0.000000400. The van der Waals surface area contributed by atoms with Gasteiger partial charge in [-0.3, -0.25) is 0 Å². The summed E-state index contributed by atoms with van der Waals surface area (Å²) in [6, 6.07) is 11.9. The van der Waals surface area contributed by atoms with Gasteiger partial charge in [-0.2, -0.15) is 5.26 Å². The molecule has 1 N–H and O–H groups in total. The van der Waals surface area contributed by atoms with Crippen LogP contribution in [-0.2, 0) is 4.79 Å². The van der Waals surface area contributed by atoms with Gasteiger partial charge in [0.25, 0.3) is 0 Å². The van der Waals surface area contributed by atoms with Crippen molar-refractivity contribution in [3.8, 4) is 6.07 Å². The second-order valence-electron chi connectivity index (χ2n) is 4.27. The van der Waals surface area contributed by atoms with Crippen LogP contribution < -0.4 is 0 Å². The summed E-state index contributed by atoms with van der Waals surface area (Å²) in [5.41, 5.74) is 1.46. The third-order valence-electron chi connectivity index (χ3n) is 2.50. The zero-order valence-corrected chi connectivity index (χ0v) is 12.3. The Morgan fingerprint density at radius 2 is 2.00 bits per heavy atom. The molecular weight excluding hydrogens is 262 g/mol. The average Bonchev–Trinajstić information content (AvgIpc) is 2.51. The smallest absolute Gasteiger partial charge is 0.330 e. The first-order valence-electron chi connectivity index (χ1n) is 6.80. The molecule has 0 radical (unpaired) electrons. The lowest BCUT2D eigenvalue weighted by atomic mass is 10.1. The highest BCUT2D eigenvalue weighted by Gasteiger charge is 2.00. The van der Waals surface area contributed by atoms with Gasteiger partial charge in [-0.15, -0.1) is 0 Å². The second-order valence-corrected chi connectivity index (χ2v) is 4.27. The summed E-state index contributed by atoms with van der Waals surface area (Å²) >= 11 is 0. The Morgan fingerprint density at radius 3 is 2.52 bits per heavy atom. The molecule has 21 heavy (non-hydrogen) atoms. The molecule has 0 saturated carbocycles. The Labute approximate surface area is 126 Å². The maximum atomic E-state index is 10.1. The van der Waals surface area contributed by atoms with E-state index >= 15 is 0 Å². The molecule has 0 aliphatic rings. The van der Waals surface area contributed by atoms with E-state index in [-0.39, 0.29) is 0 Å². The fourth-order valence-corrected chi connectivity index (χ4v) is 1.33. The lowest BCUT2D eigenvalue weighted by Crippen LogP contribution is -1.97. The monoisotopic (exact) mass is 283 g/mol. The quantitative estimate of drug-likeness (QED) is 0.471. The largest absolute Gasteiger partial charge is 0.478 e. The van der Waals surface area contributed by atoms with Crippen molar-refractivity contribution in [2.24, 2.45) is 0 Å². The number of benzene rings is 1. The summed E-state index contributed by atoms with van der Waals surface area (Å²) in [6.45, 7) is 5.42. The average molecular weight is 283 g/mol. The Morgan fingerprint density at radius 1 is 1.33 bits per heavy atom. The van der Waals surface area contributed by atoms with Crippen molar-refractivity contribution in [3.63, 3.8) is 0 Å². The molecule has 0 unspecified atom stereocenters. The first-order valence-corrected chi connectivity index (χ1v) is 6.80. The van der Waals surface area contributed by atoms with Gasteiger partial charge in [0, 0.05) is 11.6 Å². The van der Waals surface area contributed by atoms with Crippen LogP contribution in [0.15, 0.2) is 60.7 Å². The molecule has 0 fully saturated rings. The number of unbranched alkanes of at least 4 members (excludes halogenated alkanes) is 1. The first kappa shape index (κ1) is 18.4. The van der Waals surface area contributed by atoms with Crippen molar-refractivity contribution >= 4 is 12.0 Å². The number of nitriles is 1. The molecule has 0 spiro atoms. The van der Waals surface area contributed by atoms with E-state index in [1.807, 2.05) is 55.5 Å². The molecule has 3 nitrogen and oxygen atoms in total. The van der Waals surface area contributed by atoms with E-state index in [9.17, 15) is 4.79 Å². The molecule has 0 heterocycles. The van der Waals surface area contributed by atoms with E-state index in [1.54, 1.807) is 6.08 Å². The standard InChI is InChI=1S/C11H9N.C7H12O2/c12-10-6-2-5-9-11-7-3-1-4-8-11;1-3-4-5-6(2)7(8)9/h1-9H;2-5H2,1H3,(H,8,9). The summed E-state index contributed by atoms with van der Waals surface area (Å²) in [7, 11) is 0. The normalized spacial score (nSPS) is 9.90. The fraction of sp³-hybridized carbons (Fsp3) is 0.222. The van der Waals surface area contributed by atoms with Gasteiger partial charge in [-0.1, -0.05) is 68.5 Å². The molecule has 0 atom stereocenters. The number of hydrogen-bond acceptors (Lipinski definition) is 2. The number of aliphatic carboxylic acids is 1. The van der Waals surface area contributed by atoms with E-state index in [1.165, 1.54) is 6.08 Å². The van der Waals surface area contributed by atoms with Crippen molar-refractivity contribution in [1.29, 1.82) is 5.26 Å². The van der Waals surface area contributed by atoms with Crippen LogP contribution in [0.3, 0.4) is 0 Å². The zero-order valence-electron chi connectivity index (χ0n) is 12.3. The Hall–Kier alpha value is -2.60. The Kier molecular flexibility index (Phi) is 10.9. The molecule has 1 rings (SSSR count). The second kappa shape index (κ2) is 12.4. The maximum absolute atomic E-state index is 10.1. The molecule has 0 saturated heterocycles. The highest BCUT2D eigenvalue weighted by molar-refractivity contribution is 5.85. The number of rotatable bonds is 6. The third-order valence-corrected chi connectivity index (χ3v) is 2.50. The molecular formula is C18H21NO2. The van der Waals surface area contributed by atoms with Crippen LogP contribution >= 0.6 is 0 Å². The molecule has 0 bridgehead atoms. The number of carbonyl (C=O) groups is 1. The van der Waals surface area contributed by atoms with E-state index < -0.39 is 5.97 Å². The third kappa shape index (κ3) is 11.0. The molecule has 1 aromatic carbocycles. The zero-order chi connectivity index (χ0) is 15.9.